The fraction of sp³-hybridized carbons (Fsp3) is 0.417. The average Bonchev–Trinajstić information content (AvgIpc) is 2.84. The number of nitrogens with zero attached hydrogens (tertiary/aromatic N) is 4. The van der Waals surface area contributed by atoms with Crippen molar-refractivity contribution in [3.8, 4) is 5.75 Å². The topological polar surface area (TPSA) is 64.9 Å². The second-order valence-electron chi connectivity index (χ2n) is 4.36. The number of thioether (sulfide) groups is 1. The molecular formula is C12H15N5OS. The summed E-state index contributed by atoms with van der Waals surface area (Å²) in [6.07, 6.45) is 0. The van der Waals surface area contributed by atoms with E-state index in [1.807, 2.05) is 32.3 Å². The third-order valence-corrected chi connectivity index (χ3v) is 4.45. The summed E-state index contributed by atoms with van der Waals surface area (Å²) >= 11 is 1.63. The number of hydrogen-bond donors (Lipinski definition) is 1. The molecule has 0 radical (unpaired) electrons. The molecule has 1 N–H and O–H groups in total. The Morgan fingerprint density at radius 1 is 1.42 bits per heavy atom. The lowest BCUT2D eigenvalue weighted by molar-refractivity contribution is 0.264. The number of aromatic nitrogens is 4. The molecule has 2 aromatic rings. The third-order valence-electron chi connectivity index (χ3n) is 3.18. The fourth-order valence-electron chi connectivity index (χ4n) is 2.24. The molecule has 0 saturated carbocycles. The van der Waals surface area contributed by atoms with Crippen LogP contribution in [-0.4, -0.2) is 39.1 Å². The molecule has 1 aliphatic rings. The molecule has 0 fully saturated rings. The van der Waals surface area contributed by atoms with Crippen molar-refractivity contribution >= 4 is 11.8 Å². The van der Waals surface area contributed by atoms with E-state index in [2.05, 4.69) is 26.9 Å². The summed E-state index contributed by atoms with van der Waals surface area (Å²) in [5.41, 5.74) is 1.18. The highest BCUT2D eigenvalue weighted by Gasteiger charge is 2.31. The Hall–Kier alpha value is -1.60. The van der Waals surface area contributed by atoms with Crippen LogP contribution in [0.1, 0.15) is 11.6 Å². The SMILES string of the molecule is CNC1c2ccccc2OCC1Sc1nnnn1C. The van der Waals surface area contributed by atoms with Crippen LogP contribution in [0.2, 0.25) is 0 Å². The van der Waals surface area contributed by atoms with Crippen molar-refractivity contribution in [1.82, 2.24) is 25.5 Å². The average molecular weight is 277 g/mol. The van der Waals surface area contributed by atoms with Gasteiger partial charge in [-0.05, 0) is 23.5 Å². The van der Waals surface area contributed by atoms with Crippen LogP contribution in [0.3, 0.4) is 0 Å². The minimum absolute atomic E-state index is 0.228. The maximum atomic E-state index is 5.82. The standard InChI is InChI=1S/C12H15N5OS/c1-13-11-8-5-3-4-6-9(8)18-7-10(11)19-12-14-15-16-17(12)2/h3-6,10-11,13H,7H2,1-2H3. The summed E-state index contributed by atoms with van der Waals surface area (Å²) < 4.78 is 7.50. The molecule has 2 atom stereocenters. The molecule has 19 heavy (non-hydrogen) atoms. The first kappa shape index (κ1) is 12.4. The van der Waals surface area contributed by atoms with E-state index in [1.165, 1.54) is 5.56 Å². The maximum Gasteiger partial charge on any atom is 0.209 e. The van der Waals surface area contributed by atoms with Crippen LogP contribution in [0.25, 0.3) is 0 Å². The molecule has 2 heterocycles. The van der Waals surface area contributed by atoms with E-state index >= 15 is 0 Å². The molecule has 7 heteroatoms. The van der Waals surface area contributed by atoms with Crippen molar-refractivity contribution in [3.63, 3.8) is 0 Å². The number of ether oxygens (including phenoxy) is 1. The van der Waals surface area contributed by atoms with Crippen molar-refractivity contribution < 1.29 is 4.74 Å². The minimum Gasteiger partial charge on any atom is -0.492 e. The van der Waals surface area contributed by atoms with E-state index in [0.717, 1.165) is 10.9 Å². The third kappa shape index (κ3) is 2.31. The Bertz CT molecular complexity index is 573. The maximum absolute atomic E-state index is 5.82. The van der Waals surface area contributed by atoms with Crippen LogP contribution in [-0.2, 0) is 7.05 Å². The van der Waals surface area contributed by atoms with Gasteiger partial charge < -0.3 is 10.1 Å². The van der Waals surface area contributed by atoms with Gasteiger partial charge in [0.05, 0.1) is 11.3 Å². The summed E-state index contributed by atoms with van der Waals surface area (Å²) in [5.74, 6) is 0.954. The van der Waals surface area contributed by atoms with Gasteiger partial charge in [-0.15, -0.1) is 5.10 Å². The lowest BCUT2D eigenvalue weighted by Gasteiger charge is -2.32. The van der Waals surface area contributed by atoms with Crippen molar-refractivity contribution in [2.45, 2.75) is 16.4 Å². The highest BCUT2D eigenvalue weighted by Crippen LogP contribution is 2.38. The molecule has 0 spiro atoms. The van der Waals surface area contributed by atoms with Gasteiger partial charge in [0, 0.05) is 12.6 Å². The number of para-hydroxylation sites is 1. The van der Waals surface area contributed by atoms with E-state index in [1.54, 1.807) is 16.4 Å². The first-order valence-electron chi connectivity index (χ1n) is 6.07. The molecule has 1 aromatic carbocycles. The second kappa shape index (κ2) is 5.18. The molecule has 0 saturated heterocycles. The van der Waals surface area contributed by atoms with Crippen LogP contribution in [0, 0.1) is 0 Å². The van der Waals surface area contributed by atoms with Crippen LogP contribution >= 0.6 is 11.8 Å². The van der Waals surface area contributed by atoms with Crippen LogP contribution in [0.4, 0.5) is 0 Å². The number of tetrazole rings is 1. The molecule has 1 aromatic heterocycles. The molecule has 0 bridgehead atoms. The van der Waals surface area contributed by atoms with Crippen LogP contribution < -0.4 is 10.1 Å². The smallest absolute Gasteiger partial charge is 0.209 e. The highest BCUT2D eigenvalue weighted by atomic mass is 32.2. The Morgan fingerprint density at radius 2 is 2.26 bits per heavy atom. The fourth-order valence-corrected chi connectivity index (χ4v) is 3.34. The number of benzene rings is 1. The quantitative estimate of drug-likeness (QED) is 0.904. The monoisotopic (exact) mass is 277 g/mol. The first-order valence-corrected chi connectivity index (χ1v) is 6.95. The Morgan fingerprint density at radius 3 is 3.00 bits per heavy atom. The van der Waals surface area contributed by atoms with E-state index in [9.17, 15) is 0 Å². The van der Waals surface area contributed by atoms with E-state index in [4.69, 9.17) is 4.74 Å². The number of rotatable bonds is 3. The second-order valence-corrected chi connectivity index (χ2v) is 5.56. The summed E-state index contributed by atoms with van der Waals surface area (Å²) in [6, 6.07) is 8.35. The Labute approximate surface area is 115 Å². The molecule has 3 rings (SSSR count). The normalized spacial score (nSPS) is 21.8. The number of nitrogens with one attached hydrogen (secondary N) is 1. The van der Waals surface area contributed by atoms with E-state index in [0.29, 0.717) is 6.61 Å². The zero-order valence-corrected chi connectivity index (χ0v) is 11.6. The molecule has 1 aliphatic heterocycles. The largest absolute Gasteiger partial charge is 0.492 e. The van der Waals surface area contributed by atoms with E-state index in [-0.39, 0.29) is 11.3 Å². The zero-order chi connectivity index (χ0) is 13.2. The highest BCUT2D eigenvalue weighted by molar-refractivity contribution is 7.99. The van der Waals surface area contributed by atoms with Gasteiger partial charge >= 0.3 is 0 Å². The number of fused-ring (bicyclic) bond motifs is 1. The van der Waals surface area contributed by atoms with Crippen molar-refractivity contribution in [2.75, 3.05) is 13.7 Å². The van der Waals surface area contributed by atoms with Gasteiger partial charge in [-0.3, -0.25) is 0 Å². The molecule has 100 valence electrons. The van der Waals surface area contributed by atoms with Crippen LogP contribution in [0.15, 0.2) is 29.4 Å². The van der Waals surface area contributed by atoms with Gasteiger partial charge in [-0.1, -0.05) is 30.0 Å². The number of aryl methyl sites for hydroxylation is 1. The van der Waals surface area contributed by atoms with Crippen LogP contribution in [0.5, 0.6) is 5.75 Å². The summed E-state index contributed by atoms with van der Waals surface area (Å²) in [4.78, 5) is 0. The zero-order valence-electron chi connectivity index (χ0n) is 10.8. The van der Waals surface area contributed by atoms with Gasteiger partial charge in [-0.25, -0.2) is 4.68 Å². The minimum atomic E-state index is 0.228. The van der Waals surface area contributed by atoms with Gasteiger partial charge in [0.25, 0.3) is 0 Å². The predicted octanol–water partition coefficient (Wildman–Crippen LogP) is 1.02. The van der Waals surface area contributed by atoms with Gasteiger partial charge in [-0.2, -0.15) is 0 Å². The van der Waals surface area contributed by atoms with Gasteiger partial charge in [0.1, 0.15) is 12.4 Å². The summed E-state index contributed by atoms with van der Waals surface area (Å²) in [5, 5.41) is 15.9. The lowest BCUT2D eigenvalue weighted by Crippen LogP contribution is -2.36. The first-order chi connectivity index (χ1) is 9.29. The molecule has 0 amide bonds. The number of hydrogen-bond acceptors (Lipinski definition) is 6. The summed E-state index contributed by atoms with van der Waals surface area (Å²) in [7, 11) is 3.81. The summed E-state index contributed by atoms with van der Waals surface area (Å²) in [6.45, 7) is 0.639. The Balaban J connectivity index is 1.86. The molecule has 6 nitrogen and oxygen atoms in total. The predicted molar refractivity (Wildman–Crippen MR) is 72.2 cm³/mol. The lowest BCUT2D eigenvalue weighted by atomic mass is 10.0. The molecular weight excluding hydrogens is 262 g/mol. The molecule has 0 aliphatic carbocycles. The van der Waals surface area contributed by atoms with Gasteiger partial charge in [0.15, 0.2) is 0 Å². The van der Waals surface area contributed by atoms with Crippen molar-refractivity contribution in [3.05, 3.63) is 29.8 Å². The molecule has 2 unspecified atom stereocenters. The van der Waals surface area contributed by atoms with Crippen molar-refractivity contribution in [1.29, 1.82) is 0 Å². The Kier molecular flexibility index (Phi) is 3.39. The van der Waals surface area contributed by atoms with Gasteiger partial charge in [0.2, 0.25) is 5.16 Å². The van der Waals surface area contributed by atoms with Crippen molar-refractivity contribution in [2.24, 2.45) is 7.05 Å². The van der Waals surface area contributed by atoms with E-state index < -0.39 is 0 Å².